The van der Waals surface area contributed by atoms with Crippen molar-refractivity contribution >= 4 is 28.4 Å². The van der Waals surface area contributed by atoms with E-state index in [1.165, 1.54) is 18.9 Å². The number of aromatic nitrogens is 1. The standard InChI is InChI=1S/C15H17FN2S/c1-10-7-14(17-9-15(19-2)5-6-15)12-8-11(16)3-4-13(12)18-10/h3-4,7-8H,5-6,9H2,1-2H3,(H,17,18). The predicted octanol–water partition coefficient (Wildman–Crippen LogP) is 3.99. The normalized spacial score (nSPS) is 16.6. The van der Waals surface area contributed by atoms with Gasteiger partial charge in [0.1, 0.15) is 5.82 Å². The smallest absolute Gasteiger partial charge is 0.124 e. The second-order valence-electron chi connectivity index (χ2n) is 5.21. The number of thioether (sulfide) groups is 1. The zero-order valence-corrected chi connectivity index (χ0v) is 12.0. The molecule has 100 valence electrons. The maximum absolute atomic E-state index is 13.4. The summed E-state index contributed by atoms with van der Waals surface area (Å²) in [5.41, 5.74) is 2.79. The Morgan fingerprint density at radius 2 is 2.16 bits per heavy atom. The number of anilines is 1. The Morgan fingerprint density at radius 1 is 1.37 bits per heavy atom. The number of rotatable bonds is 4. The van der Waals surface area contributed by atoms with Crippen LogP contribution in [0.2, 0.25) is 0 Å². The molecule has 1 aromatic carbocycles. The molecule has 2 aromatic rings. The van der Waals surface area contributed by atoms with Gasteiger partial charge in [-0.2, -0.15) is 11.8 Å². The summed E-state index contributed by atoms with van der Waals surface area (Å²) >= 11 is 1.92. The molecule has 1 saturated carbocycles. The Morgan fingerprint density at radius 3 is 2.84 bits per heavy atom. The van der Waals surface area contributed by atoms with Crippen molar-refractivity contribution in [1.82, 2.24) is 4.98 Å². The van der Waals surface area contributed by atoms with E-state index in [0.717, 1.165) is 28.8 Å². The lowest BCUT2D eigenvalue weighted by atomic mass is 10.1. The number of nitrogens with zero attached hydrogens (tertiary/aromatic N) is 1. The van der Waals surface area contributed by atoms with Gasteiger partial charge < -0.3 is 5.32 Å². The van der Waals surface area contributed by atoms with Crippen LogP contribution in [-0.4, -0.2) is 22.5 Å². The van der Waals surface area contributed by atoms with Crippen LogP contribution in [0.25, 0.3) is 10.9 Å². The van der Waals surface area contributed by atoms with Gasteiger partial charge in [-0.05, 0) is 50.3 Å². The number of benzene rings is 1. The molecule has 0 bridgehead atoms. The van der Waals surface area contributed by atoms with Crippen LogP contribution in [0.15, 0.2) is 24.3 Å². The summed E-state index contributed by atoms with van der Waals surface area (Å²) in [6, 6.07) is 6.76. The highest BCUT2D eigenvalue weighted by Gasteiger charge is 2.41. The van der Waals surface area contributed by atoms with E-state index in [4.69, 9.17) is 0 Å². The van der Waals surface area contributed by atoms with Crippen LogP contribution < -0.4 is 5.32 Å². The minimum atomic E-state index is -0.216. The zero-order chi connectivity index (χ0) is 13.5. The zero-order valence-electron chi connectivity index (χ0n) is 11.2. The minimum Gasteiger partial charge on any atom is -0.383 e. The van der Waals surface area contributed by atoms with Gasteiger partial charge in [-0.25, -0.2) is 4.39 Å². The number of fused-ring (bicyclic) bond motifs is 1. The van der Waals surface area contributed by atoms with Crippen molar-refractivity contribution in [1.29, 1.82) is 0 Å². The molecule has 1 aliphatic carbocycles. The summed E-state index contributed by atoms with van der Waals surface area (Å²) < 4.78 is 13.8. The number of hydrogen-bond donors (Lipinski definition) is 1. The summed E-state index contributed by atoms with van der Waals surface area (Å²) in [6.07, 6.45) is 4.68. The first-order chi connectivity index (χ1) is 9.12. The van der Waals surface area contributed by atoms with Crippen LogP contribution in [0.3, 0.4) is 0 Å². The molecule has 0 aliphatic heterocycles. The molecule has 0 radical (unpaired) electrons. The Bertz CT molecular complexity index is 623. The second-order valence-corrected chi connectivity index (χ2v) is 6.49. The van der Waals surface area contributed by atoms with Crippen LogP contribution in [-0.2, 0) is 0 Å². The van der Waals surface area contributed by atoms with Gasteiger partial charge in [0.15, 0.2) is 0 Å². The molecule has 1 fully saturated rings. The van der Waals surface area contributed by atoms with E-state index in [1.54, 1.807) is 12.1 Å². The molecule has 19 heavy (non-hydrogen) atoms. The van der Waals surface area contributed by atoms with E-state index in [-0.39, 0.29) is 5.82 Å². The first kappa shape index (κ1) is 12.7. The summed E-state index contributed by atoms with van der Waals surface area (Å²) in [7, 11) is 0. The van der Waals surface area contributed by atoms with Crippen LogP contribution in [0.5, 0.6) is 0 Å². The minimum absolute atomic E-state index is 0.216. The molecular formula is C15H17FN2S. The topological polar surface area (TPSA) is 24.9 Å². The van der Waals surface area contributed by atoms with E-state index >= 15 is 0 Å². The van der Waals surface area contributed by atoms with E-state index < -0.39 is 0 Å². The van der Waals surface area contributed by atoms with Crippen molar-refractivity contribution < 1.29 is 4.39 Å². The summed E-state index contributed by atoms with van der Waals surface area (Å²) in [6.45, 7) is 2.90. The van der Waals surface area contributed by atoms with Crippen molar-refractivity contribution in [2.75, 3.05) is 18.1 Å². The van der Waals surface area contributed by atoms with Gasteiger partial charge in [-0.3, -0.25) is 4.98 Å². The molecular weight excluding hydrogens is 259 g/mol. The fourth-order valence-electron chi connectivity index (χ4n) is 2.33. The van der Waals surface area contributed by atoms with Gasteiger partial charge in [0.05, 0.1) is 5.52 Å². The predicted molar refractivity (Wildman–Crippen MR) is 80.4 cm³/mol. The Balaban J connectivity index is 1.94. The fourth-order valence-corrected chi connectivity index (χ4v) is 3.05. The average molecular weight is 276 g/mol. The van der Waals surface area contributed by atoms with E-state index in [9.17, 15) is 4.39 Å². The first-order valence-electron chi connectivity index (χ1n) is 6.48. The number of hydrogen-bond acceptors (Lipinski definition) is 3. The van der Waals surface area contributed by atoms with Crippen LogP contribution in [0.1, 0.15) is 18.5 Å². The lowest BCUT2D eigenvalue weighted by Gasteiger charge is -2.16. The number of aryl methyl sites for hydroxylation is 1. The Kier molecular flexibility index (Phi) is 3.13. The third-order valence-electron chi connectivity index (χ3n) is 3.74. The Hall–Kier alpha value is -1.29. The molecule has 1 aliphatic rings. The number of halogens is 1. The highest BCUT2D eigenvalue weighted by Crippen LogP contribution is 2.47. The second kappa shape index (κ2) is 4.67. The fraction of sp³-hybridized carbons (Fsp3) is 0.400. The van der Waals surface area contributed by atoms with Crippen molar-refractivity contribution in [3.8, 4) is 0 Å². The third-order valence-corrected chi connectivity index (χ3v) is 5.16. The molecule has 1 N–H and O–H groups in total. The molecule has 1 heterocycles. The van der Waals surface area contributed by atoms with E-state index in [1.807, 2.05) is 24.8 Å². The van der Waals surface area contributed by atoms with E-state index in [2.05, 4.69) is 16.6 Å². The molecule has 0 spiro atoms. The van der Waals surface area contributed by atoms with Crippen molar-refractivity contribution in [2.24, 2.45) is 0 Å². The molecule has 4 heteroatoms. The lowest BCUT2D eigenvalue weighted by molar-refractivity contribution is 0.629. The number of pyridine rings is 1. The maximum atomic E-state index is 13.4. The monoisotopic (exact) mass is 276 g/mol. The number of nitrogens with one attached hydrogen (secondary N) is 1. The van der Waals surface area contributed by atoms with E-state index in [0.29, 0.717) is 4.75 Å². The average Bonchev–Trinajstić information content (AvgIpc) is 3.17. The van der Waals surface area contributed by atoms with Gasteiger partial charge in [0.2, 0.25) is 0 Å². The maximum Gasteiger partial charge on any atom is 0.124 e. The van der Waals surface area contributed by atoms with Gasteiger partial charge >= 0.3 is 0 Å². The SMILES string of the molecule is CSC1(CNc2cc(C)nc3ccc(F)cc23)CC1. The van der Waals surface area contributed by atoms with Gasteiger partial charge in [-0.1, -0.05) is 0 Å². The molecule has 2 nitrogen and oxygen atoms in total. The van der Waals surface area contributed by atoms with Crippen LogP contribution in [0, 0.1) is 12.7 Å². The highest BCUT2D eigenvalue weighted by atomic mass is 32.2. The van der Waals surface area contributed by atoms with Gasteiger partial charge in [0, 0.05) is 28.1 Å². The summed E-state index contributed by atoms with van der Waals surface area (Å²) in [5.74, 6) is -0.216. The molecule has 3 rings (SSSR count). The van der Waals surface area contributed by atoms with Crippen LogP contribution >= 0.6 is 11.8 Å². The molecule has 1 aromatic heterocycles. The first-order valence-corrected chi connectivity index (χ1v) is 7.70. The van der Waals surface area contributed by atoms with Gasteiger partial charge in [0.25, 0.3) is 0 Å². The molecule has 0 atom stereocenters. The summed E-state index contributed by atoms with van der Waals surface area (Å²) in [4.78, 5) is 4.45. The molecule has 0 saturated heterocycles. The van der Waals surface area contributed by atoms with Crippen LogP contribution in [0.4, 0.5) is 10.1 Å². The van der Waals surface area contributed by atoms with Crippen molar-refractivity contribution in [2.45, 2.75) is 24.5 Å². The quantitative estimate of drug-likeness (QED) is 0.914. The molecule has 0 unspecified atom stereocenters. The van der Waals surface area contributed by atoms with Crippen molar-refractivity contribution in [3.05, 3.63) is 35.8 Å². The van der Waals surface area contributed by atoms with Gasteiger partial charge in [-0.15, -0.1) is 0 Å². The largest absolute Gasteiger partial charge is 0.383 e. The Labute approximate surface area is 116 Å². The summed E-state index contributed by atoms with van der Waals surface area (Å²) in [5, 5.41) is 4.35. The molecule has 0 amide bonds. The highest BCUT2D eigenvalue weighted by molar-refractivity contribution is 8.00. The lowest BCUT2D eigenvalue weighted by Crippen LogP contribution is -2.17. The van der Waals surface area contributed by atoms with Crippen molar-refractivity contribution in [3.63, 3.8) is 0 Å². The third kappa shape index (κ3) is 2.54.